The van der Waals surface area contributed by atoms with Gasteiger partial charge < -0.3 is 20.5 Å². The molecule has 0 bridgehead atoms. The zero-order valence-corrected chi connectivity index (χ0v) is 22.0. The molecule has 4 rings (SSSR count). The maximum atomic E-state index is 12.5. The molecule has 1 saturated carbocycles. The number of alkyl halides is 3. The first-order chi connectivity index (χ1) is 17.7. The lowest BCUT2D eigenvalue weighted by Gasteiger charge is -2.30. The minimum absolute atomic E-state index is 0.0248. The molecule has 1 atom stereocenters. The lowest BCUT2D eigenvalue weighted by Crippen LogP contribution is -2.43. The molecule has 0 radical (unpaired) electrons. The summed E-state index contributed by atoms with van der Waals surface area (Å²) in [6, 6.07) is 3.90. The average molecular weight is 561 g/mol. The molecule has 0 spiro atoms. The van der Waals surface area contributed by atoms with Gasteiger partial charge in [-0.2, -0.15) is 13.2 Å². The number of nitrogens with zero attached hydrogens (tertiary/aromatic N) is 2. The van der Waals surface area contributed by atoms with E-state index in [0.717, 1.165) is 87.2 Å². The van der Waals surface area contributed by atoms with Crippen molar-refractivity contribution in [3.63, 3.8) is 0 Å². The summed E-state index contributed by atoms with van der Waals surface area (Å²) in [6.07, 6.45) is 2.49. The van der Waals surface area contributed by atoms with Crippen molar-refractivity contribution in [2.24, 2.45) is 11.8 Å². The molecule has 0 unspecified atom stereocenters. The van der Waals surface area contributed by atoms with Gasteiger partial charge in [-0.1, -0.05) is 23.2 Å². The van der Waals surface area contributed by atoms with Gasteiger partial charge in [0.25, 0.3) is 0 Å². The van der Waals surface area contributed by atoms with Gasteiger partial charge in [0.15, 0.2) is 6.10 Å². The topological polar surface area (TPSA) is 79.3 Å². The molecule has 2 aliphatic rings. The van der Waals surface area contributed by atoms with Crippen LogP contribution in [0.2, 0.25) is 10.2 Å². The minimum Gasteiger partial charge on any atom is -0.384 e. The van der Waals surface area contributed by atoms with Crippen molar-refractivity contribution < 1.29 is 23.0 Å². The molecule has 6 nitrogen and oxygen atoms in total. The van der Waals surface area contributed by atoms with Gasteiger partial charge in [-0.15, -0.1) is 0 Å². The number of anilines is 1. The molecule has 1 aliphatic heterocycles. The summed E-state index contributed by atoms with van der Waals surface area (Å²) in [5.41, 5.74) is 3.28. The molecule has 0 amide bonds. The maximum absolute atomic E-state index is 12.5. The fraction of sp³-hybridized carbons (Fsp3) is 0.615. The Kier molecular flexibility index (Phi) is 9.91. The summed E-state index contributed by atoms with van der Waals surface area (Å²) in [5.74, 6) is 0.928. The van der Waals surface area contributed by atoms with Crippen molar-refractivity contribution in [3.05, 3.63) is 40.4 Å². The predicted octanol–water partition coefficient (Wildman–Crippen LogP) is 5.90. The van der Waals surface area contributed by atoms with E-state index in [1.165, 1.54) is 0 Å². The van der Waals surface area contributed by atoms with Crippen molar-refractivity contribution in [1.82, 2.24) is 15.3 Å². The Morgan fingerprint density at radius 2 is 1.70 bits per heavy atom. The molecule has 3 heterocycles. The molecule has 1 aliphatic carbocycles. The zero-order valence-electron chi connectivity index (χ0n) is 20.5. The van der Waals surface area contributed by atoms with Crippen LogP contribution in [0.3, 0.4) is 0 Å². The third kappa shape index (κ3) is 8.17. The van der Waals surface area contributed by atoms with E-state index < -0.39 is 18.8 Å². The van der Waals surface area contributed by atoms with Gasteiger partial charge in [0.1, 0.15) is 5.15 Å². The molecule has 1 saturated heterocycles. The SMILES string of the molecule is O[C@@H](CNC1CCC(Cc2cc(-c3cc(NCC4CCOCC4)cnc3Cl)c(Cl)cn2)CC1)C(F)(F)F. The van der Waals surface area contributed by atoms with Crippen molar-refractivity contribution in [2.45, 2.75) is 63.3 Å². The zero-order chi connectivity index (χ0) is 26.4. The van der Waals surface area contributed by atoms with Crippen LogP contribution in [-0.4, -0.2) is 59.7 Å². The van der Waals surface area contributed by atoms with Crippen LogP contribution in [0.25, 0.3) is 11.1 Å². The first kappa shape index (κ1) is 28.4. The van der Waals surface area contributed by atoms with E-state index >= 15 is 0 Å². The highest BCUT2D eigenvalue weighted by Gasteiger charge is 2.38. The summed E-state index contributed by atoms with van der Waals surface area (Å²) >= 11 is 13.0. The van der Waals surface area contributed by atoms with E-state index in [9.17, 15) is 18.3 Å². The van der Waals surface area contributed by atoms with Crippen LogP contribution >= 0.6 is 23.2 Å². The molecule has 2 aromatic heterocycles. The Labute approximate surface area is 225 Å². The van der Waals surface area contributed by atoms with Gasteiger partial charge in [-0.3, -0.25) is 4.98 Å². The number of nitrogens with one attached hydrogen (secondary N) is 2. The predicted molar refractivity (Wildman–Crippen MR) is 139 cm³/mol. The number of hydrogen-bond acceptors (Lipinski definition) is 6. The van der Waals surface area contributed by atoms with Crippen molar-refractivity contribution in [3.8, 4) is 11.1 Å². The second-order valence-electron chi connectivity index (χ2n) is 10.0. The van der Waals surface area contributed by atoms with E-state index in [0.29, 0.717) is 22.0 Å². The van der Waals surface area contributed by atoms with Gasteiger partial charge in [-0.05, 0) is 68.9 Å². The van der Waals surface area contributed by atoms with Gasteiger partial charge in [-0.25, -0.2) is 4.98 Å². The summed E-state index contributed by atoms with van der Waals surface area (Å²) < 4.78 is 43.0. The maximum Gasteiger partial charge on any atom is 0.415 e. The minimum atomic E-state index is -4.60. The number of ether oxygens (including phenoxy) is 1. The van der Waals surface area contributed by atoms with E-state index in [1.54, 1.807) is 12.4 Å². The number of aliphatic hydroxyl groups is 1. The van der Waals surface area contributed by atoms with Gasteiger partial charge >= 0.3 is 6.18 Å². The van der Waals surface area contributed by atoms with Crippen LogP contribution in [-0.2, 0) is 11.2 Å². The second kappa shape index (κ2) is 12.9. The van der Waals surface area contributed by atoms with Crippen LogP contribution in [0.5, 0.6) is 0 Å². The number of halogens is 5. The van der Waals surface area contributed by atoms with Gasteiger partial charge in [0.05, 0.1) is 16.9 Å². The fourth-order valence-electron chi connectivity index (χ4n) is 5.01. The summed E-state index contributed by atoms with van der Waals surface area (Å²) in [4.78, 5) is 8.88. The Morgan fingerprint density at radius 3 is 2.41 bits per heavy atom. The third-order valence-electron chi connectivity index (χ3n) is 7.30. The van der Waals surface area contributed by atoms with Crippen LogP contribution in [0.1, 0.15) is 44.2 Å². The van der Waals surface area contributed by atoms with Gasteiger partial charge in [0.2, 0.25) is 0 Å². The van der Waals surface area contributed by atoms with E-state index in [1.807, 2.05) is 12.1 Å². The van der Waals surface area contributed by atoms with E-state index in [-0.39, 0.29) is 6.04 Å². The number of aromatic nitrogens is 2. The fourth-order valence-corrected chi connectivity index (χ4v) is 5.42. The Morgan fingerprint density at radius 1 is 0.973 bits per heavy atom. The molecular formula is C26H33Cl2F3N4O2. The molecule has 2 aromatic rings. The van der Waals surface area contributed by atoms with Crippen LogP contribution in [0.15, 0.2) is 24.5 Å². The number of rotatable bonds is 9. The lowest BCUT2D eigenvalue weighted by atomic mass is 9.83. The molecule has 3 N–H and O–H groups in total. The van der Waals surface area contributed by atoms with Crippen LogP contribution < -0.4 is 10.6 Å². The molecule has 11 heteroatoms. The molecule has 204 valence electrons. The van der Waals surface area contributed by atoms with E-state index in [4.69, 9.17) is 27.9 Å². The average Bonchev–Trinajstić information content (AvgIpc) is 2.89. The first-order valence-corrected chi connectivity index (χ1v) is 13.5. The number of aliphatic hydroxyl groups excluding tert-OH is 1. The monoisotopic (exact) mass is 560 g/mol. The summed E-state index contributed by atoms with van der Waals surface area (Å²) in [5, 5.41) is 16.4. The van der Waals surface area contributed by atoms with E-state index in [2.05, 4.69) is 20.6 Å². The number of pyridine rings is 2. The van der Waals surface area contributed by atoms with Crippen LogP contribution in [0.4, 0.5) is 18.9 Å². The summed E-state index contributed by atoms with van der Waals surface area (Å²) in [6.45, 7) is 1.96. The Balaban J connectivity index is 1.35. The Hall–Kier alpha value is -1.65. The quantitative estimate of drug-likeness (QED) is 0.331. The summed E-state index contributed by atoms with van der Waals surface area (Å²) in [7, 11) is 0. The van der Waals surface area contributed by atoms with Crippen molar-refractivity contribution in [1.29, 1.82) is 0 Å². The molecule has 37 heavy (non-hydrogen) atoms. The highest BCUT2D eigenvalue weighted by molar-refractivity contribution is 6.35. The molecular weight excluding hydrogens is 528 g/mol. The first-order valence-electron chi connectivity index (χ1n) is 12.8. The molecule has 2 fully saturated rings. The molecule has 0 aromatic carbocycles. The highest BCUT2D eigenvalue weighted by atomic mass is 35.5. The van der Waals surface area contributed by atoms with Crippen molar-refractivity contribution in [2.75, 3.05) is 31.6 Å². The van der Waals surface area contributed by atoms with Crippen molar-refractivity contribution >= 4 is 28.9 Å². The standard InChI is InChI=1S/C26H33Cl2F3N4O2/c27-23-14-33-19(9-16-1-3-18(4-2-16)34-15-24(36)26(29,30)31)10-21(23)22-11-20(13-35-25(22)28)32-12-17-5-7-37-8-6-17/h10-11,13-14,16-18,24,32,34,36H,1-9,12,15H2/t16?,18?,24-/m0/s1. The second-order valence-corrected chi connectivity index (χ2v) is 10.8. The lowest BCUT2D eigenvalue weighted by molar-refractivity contribution is -0.202. The van der Waals surface area contributed by atoms with Gasteiger partial charge in [0, 0.05) is 55.4 Å². The number of hydrogen-bond donors (Lipinski definition) is 3. The smallest absolute Gasteiger partial charge is 0.384 e. The highest BCUT2D eigenvalue weighted by Crippen LogP contribution is 2.35. The largest absolute Gasteiger partial charge is 0.415 e. The third-order valence-corrected chi connectivity index (χ3v) is 7.90. The Bertz CT molecular complexity index is 1030. The van der Waals surface area contributed by atoms with Crippen LogP contribution in [0, 0.1) is 11.8 Å². The normalized spacial score (nSPS) is 22.1.